The van der Waals surface area contributed by atoms with Crippen LogP contribution in [0.15, 0.2) is 81.2 Å². The maximum atomic E-state index is 12.6. The van der Waals surface area contributed by atoms with Gasteiger partial charge in [-0.05, 0) is 70.9 Å². The second-order valence-electron chi connectivity index (χ2n) is 6.32. The van der Waals surface area contributed by atoms with Crippen molar-refractivity contribution in [2.75, 3.05) is 6.61 Å². The number of amides is 1. The molecule has 0 aliphatic carbocycles. The smallest absolute Gasteiger partial charge is 0.339 e. The molecule has 166 valence electrons. The maximum Gasteiger partial charge on any atom is 0.339 e. The molecule has 3 aromatic rings. The molecular formula is C22H18BrClN2O5S. The van der Waals surface area contributed by atoms with Gasteiger partial charge < -0.3 is 8.92 Å². The van der Waals surface area contributed by atoms with Crippen LogP contribution < -0.4 is 14.3 Å². The monoisotopic (exact) mass is 536 g/mol. The zero-order chi connectivity index (χ0) is 23.1. The molecule has 32 heavy (non-hydrogen) atoms. The number of halogens is 2. The minimum atomic E-state index is -4.06. The second kappa shape index (κ2) is 10.6. The predicted molar refractivity (Wildman–Crippen MR) is 126 cm³/mol. The molecule has 3 aromatic carbocycles. The van der Waals surface area contributed by atoms with Gasteiger partial charge in [-0.15, -0.1) is 0 Å². The van der Waals surface area contributed by atoms with Crippen molar-refractivity contribution in [1.29, 1.82) is 0 Å². The molecule has 0 aromatic heterocycles. The van der Waals surface area contributed by atoms with Crippen LogP contribution >= 0.6 is 27.5 Å². The minimum Gasteiger partial charge on any atom is -0.490 e. The number of hydrazone groups is 1. The van der Waals surface area contributed by atoms with Gasteiger partial charge in [0.2, 0.25) is 0 Å². The van der Waals surface area contributed by atoms with E-state index in [-0.39, 0.29) is 23.0 Å². The number of nitrogens with one attached hydrogen (secondary N) is 1. The molecule has 0 saturated heterocycles. The Morgan fingerprint density at radius 3 is 2.56 bits per heavy atom. The largest absolute Gasteiger partial charge is 0.490 e. The average Bonchev–Trinajstić information content (AvgIpc) is 2.77. The fraction of sp³-hybridized carbons (Fsp3) is 0.0909. The van der Waals surface area contributed by atoms with Crippen molar-refractivity contribution in [2.45, 2.75) is 11.8 Å². The van der Waals surface area contributed by atoms with Gasteiger partial charge in [-0.25, -0.2) is 5.43 Å². The molecule has 0 radical (unpaired) electrons. The Hall–Kier alpha value is -2.88. The lowest BCUT2D eigenvalue weighted by Gasteiger charge is -2.14. The van der Waals surface area contributed by atoms with Crippen LogP contribution in [0.1, 0.15) is 22.8 Å². The molecule has 0 unspecified atom stereocenters. The number of ether oxygens (including phenoxy) is 1. The quantitative estimate of drug-likeness (QED) is 0.247. The van der Waals surface area contributed by atoms with Gasteiger partial charge in [0.25, 0.3) is 5.91 Å². The highest BCUT2D eigenvalue weighted by molar-refractivity contribution is 9.10. The van der Waals surface area contributed by atoms with Gasteiger partial charge in [-0.1, -0.05) is 35.9 Å². The van der Waals surface area contributed by atoms with E-state index in [1.54, 1.807) is 55.5 Å². The zero-order valence-corrected chi connectivity index (χ0v) is 19.9. The lowest BCUT2D eigenvalue weighted by Crippen LogP contribution is -2.17. The number of hydrogen-bond acceptors (Lipinski definition) is 6. The first-order valence-corrected chi connectivity index (χ1v) is 11.9. The Morgan fingerprint density at radius 1 is 1.12 bits per heavy atom. The number of carbonyl (C=O) groups excluding carboxylic acids is 1. The molecule has 7 nitrogen and oxygen atoms in total. The van der Waals surface area contributed by atoms with Crippen LogP contribution in [0.25, 0.3) is 0 Å². The molecule has 10 heteroatoms. The van der Waals surface area contributed by atoms with Crippen LogP contribution in [0.4, 0.5) is 0 Å². The van der Waals surface area contributed by atoms with Gasteiger partial charge in [0, 0.05) is 10.6 Å². The molecule has 3 rings (SSSR count). The Balaban J connectivity index is 1.82. The highest BCUT2D eigenvalue weighted by Crippen LogP contribution is 2.38. The van der Waals surface area contributed by atoms with Gasteiger partial charge >= 0.3 is 10.1 Å². The molecule has 0 fully saturated rings. The molecule has 0 bridgehead atoms. The highest BCUT2D eigenvalue weighted by Gasteiger charge is 2.22. The summed E-state index contributed by atoms with van der Waals surface area (Å²) in [4.78, 5) is 12.2. The number of rotatable bonds is 8. The third-order valence-electron chi connectivity index (χ3n) is 4.02. The van der Waals surface area contributed by atoms with Crippen molar-refractivity contribution in [2.24, 2.45) is 5.10 Å². The lowest BCUT2D eigenvalue weighted by atomic mass is 10.2. The SMILES string of the molecule is CCOc1cc(/C=N\NC(=O)c2cccc(Cl)c2)cc(Br)c1OS(=O)(=O)c1ccccc1. The van der Waals surface area contributed by atoms with Crippen molar-refractivity contribution >= 4 is 49.8 Å². The first-order valence-electron chi connectivity index (χ1n) is 9.35. The first kappa shape index (κ1) is 23.8. The van der Waals surface area contributed by atoms with Crippen molar-refractivity contribution in [3.8, 4) is 11.5 Å². The molecule has 0 atom stereocenters. The molecule has 1 N–H and O–H groups in total. The Bertz CT molecular complexity index is 1250. The van der Waals surface area contributed by atoms with Crippen molar-refractivity contribution in [1.82, 2.24) is 5.43 Å². The van der Waals surface area contributed by atoms with Gasteiger partial charge in [0.05, 0.1) is 17.3 Å². The van der Waals surface area contributed by atoms with Crippen molar-refractivity contribution < 1.29 is 22.1 Å². The van der Waals surface area contributed by atoms with Crippen molar-refractivity contribution in [3.05, 3.63) is 87.4 Å². The fourth-order valence-electron chi connectivity index (χ4n) is 2.61. The third-order valence-corrected chi connectivity index (χ3v) is 6.08. The van der Waals surface area contributed by atoms with E-state index in [4.69, 9.17) is 20.5 Å². The van der Waals surface area contributed by atoms with Crippen LogP contribution in [0.2, 0.25) is 5.02 Å². The average molecular weight is 538 g/mol. The Labute approximate surface area is 199 Å². The Morgan fingerprint density at radius 2 is 1.88 bits per heavy atom. The summed E-state index contributed by atoms with van der Waals surface area (Å²) in [5.41, 5.74) is 3.31. The fourth-order valence-corrected chi connectivity index (χ4v) is 4.43. The van der Waals surface area contributed by atoms with E-state index < -0.39 is 16.0 Å². The summed E-state index contributed by atoms with van der Waals surface area (Å²) in [6.45, 7) is 2.04. The Kier molecular flexibility index (Phi) is 7.89. The number of benzene rings is 3. The molecule has 0 aliphatic heterocycles. The van der Waals surface area contributed by atoms with Crippen molar-refractivity contribution in [3.63, 3.8) is 0 Å². The lowest BCUT2D eigenvalue weighted by molar-refractivity contribution is 0.0955. The van der Waals surface area contributed by atoms with Crippen LogP contribution in [0.3, 0.4) is 0 Å². The molecule has 1 amide bonds. The van der Waals surface area contributed by atoms with Gasteiger partial charge in [-0.2, -0.15) is 13.5 Å². The van der Waals surface area contributed by atoms with Crippen LogP contribution in [0.5, 0.6) is 11.5 Å². The van der Waals surface area contributed by atoms with Crippen LogP contribution in [-0.2, 0) is 10.1 Å². The highest BCUT2D eigenvalue weighted by atomic mass is 79.9. The predicted octanol–water partition coefficient (Wildman–Crippen LogP) is 5.03. The second-order valence-corrected chi connectivity index (χ2v) is 9.16. The zero-order valence-electron chi connectivity index (χ0n) is 16.8. The summed E-state index contributed by atoms with van der Waals surface area (Å²) in [6, 6.07) is 17.4. The van der Waals surface area contributed by atoms with E-state index in [1.165, 1.54) is 24.4 Å². The summed E-state index contributed by atoms with van der Waals surface area (Å²) in [7, 11) is -4.06. The molecule has 0 heterocycles. The normalized spacial score (nSPS) is 11.3. The molecular weight excluding hydrogens is 520 g/mol. The third kappa shape index (κ3) is 6.09. The van der Waals surface area contributed by atoms with E-state index in [2.05, 4.69) is 26.5 Å². The summed E-state index contributed by atoms with van der Waals surface area (Å²) in [5, 5.41) is 4.38. The van der Waals surface area contributed by atoms with E-state index in [0.29, 0.717) is 20.6 Å². The maximum absolute atomic E-state index is 12.6. The summed E-state index contributed by atoms with van der Waals surface area (Å²) < 4.78 is 36.5. The van der Waals surface area contributed by atoms with Gasteiger partial charge in [-0.3, -0.25) is 4.79 Å². The topological polar surface area (TPSA) is 94.1 Å². The van der Waals surface area contributed by atoms with Crippen LogP contribution in [-0.4, -0.2) is 27.1 Å². The van der Waals surface area contributed by atoms with Gasteiger partial charge in [0.15, 0.2) is 11.5 Å². The minimum absolute atomic E-state index is 0.0100. The van der Waals surface area contributed by atoms with Crippen LogP contribution in [0, 0.1) is 0 Å². The summed E-state index contributed by atoms with van der Waals surface area (Å²) in [6.07, 6.45) is 1.39. The van der Waals surface area contributed by atoms with E-state index in [0.717, 1.165) is 0 Å². The van der Waals surface area contributed by atoms with E-state index in [1.807, 2.05) is 0 Å². The number of carbonyl (C=O) groups is 1. The van der Waals surface area contributed by atoms with Gasteiger partial charge in [0.1, 0.15) is 4.90 Å². The summed E-state index contributed by atoms with van der Waals surface area (Å²) >= 11 is 9.22. The van der Waals surface area contributed by atoms with E-state index >= 15 is 0 Å². The molecule has 0 aliphatic rings. The standard InChI is InChI=1S/C22H18BrClN2O5S/c1-2-30-20-12-15(14-25-26-22(27)16-7-6-8-17(24)13-16)11-19(23)21(20)31-32(28,29)18-9-4-3-5-10-18/h3-14H,2H2,1H3,(H,26,27)/b25-14-. The number of nitrogens with zero attached hydrogens (tertiary/aromatic N) is 1. The molecule has 0 spiro atoms. The molecule has 0 saturated carbocycles. The number of hydrogen-bond donors (Lipinski definition) is 1. The first-order chi connectivity index (χ1) is 15.3. The summed E-state index contributed by atoms with van der Waals surface area (Å²) in [5.74, 6) is -0.221. The van der Waals surface area contributed by atoms with E-state index in [9.17, 15) is 13.2 Å².